The molecule has 1 N–H and O–H groups in total. The van der Waals surface area contributed by atoms with Crippen LogP contribution in [0.1, 0.15) is 55.4 Å². The first kappa shape index (κ1) is 27.6. The van der Waals surface area contributed by atoms with Crippen LogP contribution in [0.3, 0.4) is 0 Å². The number of hydrogen-bond acceptors (Lipinski definition) is 8. The van der Waals surface area contributed by atoms with Gasteiger partial charge in [-0.25, -0.2) is 22.9 Å². The fourth-order valence-electron chi connectivity index (χ4n) is 8.06. The summed E-state index contributed by atoms with van der Waals surface area (Å²) in [6.07, 6.45) is -0.0246. The Hall–Kier alpha value is -1.98. The molecule has 0 saturated heterocycles. The molecule has 3 fully saturated rings. The van der Waals surface area contributed by atoms with Gasteiger partial charge in [-0.2, -0.15) is 0 Å². The van der Waals surface area contributed by atoms with Crippen LogP contribution in [-0.2, 0) is 14.3 Å². The number of alkyl halides is 3. The van der Waals surface area contributed by atoms with Crippen LogP contribution < -0.4 is 0 Å². The predicted octanol–water partition coefficient (Wildman–Crippen LogP) is 5.10. The van der Waals surface area contributed by atoms with Crippen molar-refractivity contribution in [2.45, 2.75) is 70.5 Å². The van der Waals surface area contributed by atoms with Crippen molar-refractivity contribution in [3.8, 4) is 0 Å². The summed E-state index contributed by atoms with van der Waals surface area (Å²) >= 11 is 1.42. The average molecular weight is 570 g/mol. The van der Waals surface area contributed by atoms with E-state index in [9.17, 15) is 23.9 Å². The van der Waals surface area contributed by atoms with Crippen molar-refractivity contribution in [1.29, 1.82) is 0 Å². The van der Waals surface area contributed by atoms with Crippen molar-refractivity contribution < 1.29 is 37.4 Å². The van der Waals surface area contributed by atoms with Gasteiger partial charge >= 0.3 is 5.97 Å². The molecule has 4 unspecified atom stereocenters. The Balaban J connectivity index is 1.64. The Morgan fingerprint density at radius 1 is 1.29 bits per heavy atom. The molecular weight excluding hydrogens is 539 g/mol. The zero-order chi connectivity index (χ0) is 27.8. The fraction of sp³-hybridized carbons (Fsp3) is 0.630. The second kappa shape index (κ2) is 9.02. The maximum Gasteiger partial charge on any atom is 0.351 e. The van der Waals surface area contributed by atoms with E-state index in [2.05, 4.69) is 4.98 Å². The third-order valence-corrected chi connectivity index (χ3v) is 11.4. The maximum absolute atomic E-state index is 17.4. The number of thioether (sulfide) groups is 1. The molecule has 38 heavy (non-hydrogen) atoms. The molecular formula is C27H30F3NO5S2. The number of ether oxygens (including phenoxy) is 1. The van der Waals surface area contributed by atoms with Crippen LogP contribution in [0.25, 0.3) is 0 Å². The van der Waals surface area contributed by atoms with E-state index in [0.29, 0.717) is 17.5 Å². The lowest BCUT2D eigenvalue weighted by Gasteiger charge is -2.63. The van der Waals surface area contributed by atoms with Crippen LogP contribution in [0.4, 0.5) is 13.2 Å². The fourth-order valence-corrected chi connectivity index (χ4v) is 9.53. The van der Waals surface area contributed by atoms with E-state index in [-0.39, 0.29) is 29.7 Å². The molecule has 3 saturated carbocycles. The van der Waals surface area contributed by atoms with E-state index in [1.807, 2.05) is 0 Å². The highest BCUT2D eigenvalue weighted by molar-refractivity contribution is 8.13. The van der Waals surface area contributed by atoms with E-state index in [4.69, 9.17) is 4.74 Å². The second-order valence-electron chi connectivity index (χ2n) is 11.4. The summed E-state index contributed by atoms with van der Waals surface area (Å²) in [6.45, 7) is 6.48. The lowest BCUT2D eigenvalue weighted by atomic mass is 9.44. The summed E-state index contributed by atoms with van der Waals surface area (Å²) in [5.41, 5.74) is -5.23. The van der Waals surface area contributed by atoms with Gasteiger partial charge in [-0.3, -0.25) is 9.59 Å². The summed E-state index contributed by atoms with van der Waals surface area (Å²) in [7, 11) is 0. The quantitative estimate of drug-likeness (QED) is 0.505. The van der Waals surface area contributed by atoms with Crippen LogP contribution in [0.15, 0.2) is 29.3 Å². The van der Waals surface area contributed by atoms with Gasteiger partial charge in [0.25, 0.3) is 0 Å². The molecule has 5 rings (SSSR count). The SMILES string of the molecule is Cc1ncsc1C(=O)OC1(C(=O)SCF)C(C)C[C@H]2[C@@H]3CC(F)C4=CC(=O)C=C[C@]4(C)[C@@]3(F)C(O)C[C@@]21C. The number of nitrogens with zero attached hydrogens (tertiary/aromatic N) is 1. The van der Waals surface area contributed by atoms with Gasteiger partial charge in [0.05, 0.1) is 17.3 Å². The number of aliphatic hydroxyl groups is 1. The molecule has 4 aliphatic rings. The van der Waals surface area contributed by atoms with Gasteiger partial charge in [0.2, 0.25) is 5.12 Å². The van der Waals surface area contributed by atoms with Gasteiger partial charge in [-0.1, -0.05) is 19.9 Å². The van der Waals surface area contributed by atoms with Crippen LogP contribution in [0, 0.1) is 35.5 Å². The van der Waals surface area contributed by atoms with Crippen LogP contribution >= 0.6 is 23.1 Å². The summed E-state index contributed by atoms with van der Waals surface area (Å²) in [4.78, 5) is 43.3. The standard InChI is InChI=1S/C27H30F3NO5S2/c1-13-7-16-17-9-19(29)18-8-15(32)5-6-24(18,3)26(17,30)20(33)10-25(16,4)27(13,23(35)37-11-28)36-22(34)21-14(2)31-12-38-21/h5-6,8,12-13,16-17,19-20,33H,7,9-11H2,1-4H3/t13?,16-,17-,19?,20?,24-,25-,26-,27?/m0/s1. The molecule has 0 spiro atoms. The Morgan fingerprint density at radius 3 is 2.63 bits per heavy atom. The van der Waals surface area contributed by atoms with Crippen molar-refractivity contribution in [2.75, 3.05) is 6.01 Å². The molecule has 4 aliphatic carbocycles. The molecule has 0 amide bonds. The normalized spacial score (nSPS) is 43.6. The lowest BCUT2D eigenvalue weighted by Crippen LogP contribution is -2.70. The number of allylic oxidation sites excluding steroid dienone is 4. The molecule has 206 valence electrons. The minimum atomic E-state index is -2.34. The van der Waals surface area contributed by atoms with Gasteiger partial charge in [0, 0.05) is 22.7 Å². The lowest BCUT2D eigenvalue weighted by molar-refractivity contribution is -0.221. The molecule has 11 heteroatoms. The minimum absolute atomic E-state index is 0.000119. The molecule has 9 atom stereocenters. The highest BCUT2D eigenvalue weighted by Crippen LogP contribution is 2.72. The molecule has 1 aromatic heterocycles. The smallest absolute Gasteiger partial charge is 0.351 e. The Kier molecular flexibility index (Phi) is 6.55. The Bertz CT molecular complexity index is 1270. The zero-order valence-electron chi connectivity index (χ0n) is 21.5. The Morgan fingerprint density at radius 2 is 2.00 bits per heavy atom. The molecule has 0 aromatic carbocycles. The van der Waals surface area contributed by atoms with Gasteiger partial charge in [0.15, 0.2) is 17.1 Å². The summed E-state index contributed by atoms with van der Waals surface area (Å²) in [5.74, 6) is -3.63. The average Bonchev–Trinajstić information content (AvgIpc) is 3.37. The van der Waals surface area contributed by atoms with Crippen LogP contribution in [0.5, 0.6) is 0 Å². The zero-order valence-corrected chi connectivity index (χ0v) is 23.1. The van der Waals surface area contributed by atoms with Crippen LogP contribution in [-0.4, -0.2) is 56.5 Å². The van der Waals surface area contributed by atoms with Gasteiger partial charge in [-0.05, 0) is 68.5 Å². The van der Waals surface area contributed by atoms with Crippen molar-refractivity contribution in [1.82, 2.24) is 4.98 Å². The van der Waals surface area contributed by atoms with Gasteiger partial charge < -0.3 is 9.84 Å². The summed E-state index contributed by atoms with van der Waals surface area (Å²) in [6, 6.07) is -1.05. The van der Waals surface area contributed by atoms with E-state index in [0.717, 1.165) is 17.4 Å². The van der Waals surface area contributed by atoms with Crippen molar-refractivity contribution in [3.63, 3.8) is 0 Å². The van der Waals surface area contributed by atoms with E-state index >= 15 is 8.78 Å². The number of thiazole rings is 1. The number of aryl methyl sites for hydroxylation is 1. The first-order valence-corrected chi connectivity index (χ1v) is 14.5. The number of rotatable bonds is 4. The van der Waals surface area contributed by atoms with E-state index in [1.54, 1.807) is 20.8 Å². The number of aromatic nitrogens is 1. The molecule has 0 radical (unpaired) electrons. The minimum Gasteiger partial charge on any atom is -0.445 e. The summed E-state index contributed by atoms with van der Waals surface area (Å²) < 4.78 is 52.7. The molecule has 1 aromatic rings. The predicted molar refractivity (Wildman–Crippen MR) is 137 cm³/mol. The van der Waals surface area contributed by atoms with Crippen molar-refractivity contribution >= 4 is 40.0 Å². The number of fused-ring (bicyclic) bond motifs is 5. The largest absolute Gasteiger partial charge is 0.445 e. The first-order chi connectivity index (χ1) is 17.8. The number of hydrogen-bond donors (Lipinski definition) is 1. The van der Waals surface area contributed by atoms with E-state index in [1.165, 1.54) is 24.6 Å². The molecule has 0 bridgehead atoms. The highest BCUT2D eigenvalue weighted by atomic mass is 32.2. The molecule has 6 nitrogen and oxygen atoms in total. The number of carbonyl (C=O) groups is 3. The molecule has 1 heterocycles. The maximum atomic E-state index is 17.4. The van der Waals surface area contributed by atoms with Gasteiger partial charge in [-0.15, -0.1) is 11.3 Å². The number of carbonyl (C=O) groups excluding carboxylic acids is 3. The topological polar surface area (TPSA) is 93.6 Å². The monoisotopic (exact) mass is 569 g/mol. The van der Waals surface area contributed by atoms with E-state index < -0.39 is 75.0 Å². The van der Waals surface area contributed by atoms with Gasteiger partial charge in [0.1, 0.15) is 17.1 Å². The highest BCUT2D eigenvalue weighted by Gasteiger charge is 2.78. The molecule has 0 aliphatic heterocycles. The Labute approximate surface area is 227 Å². The number of esters is 1. The first-order valence-electron chi connectivity index (χ1n) is 12.6. The van der Waals surface area contributed by atoms with Crippen LogP contribution in [0.2, 0.25) is 0 Å². The third kappa shape index (κ3) is 3.36. The number of aliphatic hydroxyl groups excluding tert-OH is 1. The number of ketones is 1. The summed E-state index contributed by atoms with van der Waals surface area (Å²) in [5, 5.41) is 10.8. The van der Waals surface area contributed by atoms with Crippen molar-refractivity contribution in [2.24, 2.45) is 28.6 Å². The third-order valence-electron chi connectivity index (χ3n) is 9.84. The van der Waals surface area contributed by atoms with Crippen molar-refractivity contribution in [3.05, 3.63) is 39.9 Å². The number of halogens is 3. The second-order valence-corrected chi connectivity index (χ2v) is 13.2.